The van der Waals surface area contributed by atoms with Crippen LogP contribution in [0.5, 0.6) is 0 Å². The first kappa shape index (κ1) is 19.2. The molecule has 0 radical (unpaired) electrons. The molecule has 5 N–H and O–H groups in total. The summed E-state index contributed by atoms with van der Waals surface area (Å²) in [6.07, 6.45) is 1.61. The van der Waals surface area contributed by atoms with Crippen LogP contribution in [0.4, 0.5) is 16.2 Å². The topological polar surface area (TPSA) is 115 Å². The number of hydrogen-bond acceptors (Lipinski definition) is 3. The lowest BCUT2D eigenvalue weighted by molar-refractivity contribution is 0.0844. The van der Waals surface area contributed by atoms with Crippen LogP contribution in [0.25, 0.3) is 0 Å². The van der Waals surface area contributed by atoms with E-state index in [1.807, 2.05) is 18.2 Å². The average Bonchev–Trinajstić information content (AvgIpc) is 3.13. The first-order chi connectivity index (χ1) is 13.5. The third kappa shape index (κ3) is 5.21. The minimum Gasteiger partial charge on any atom is -0.356 e. The van der Waals surface area contributed by atoms with Gasteiger partial charge in [-0.2, -0.15) is 0 Å². The highest BCUT2D eigenvalue weighted by atomic mass is 79.9. The fourth-order valence-corrected chi connectivity index (χ4v) is 2.62. The molecule has 0 saturated heterocycles. The number of carbonyl (C=O) groups is 3. The molecular weight excluding hydrogens is 426 g/mol. The van der Waals surface area contributed by atoms with Crippen LogP contribution >= 0.6 is 15.9 Å². The SMILES string of the molecule is O=C(Nc1ccccc1)Nc1ccc(C(=O)NNC(=O)c2cc(Br)c[nH]2)cc1. The molecule has 0 aliphatic rings. The molecule has 0 aliphatic carbocycles. The van der Waals surface area contributed by atoms with Crippen LogP contribution in [-0.2, 0) is 0 Å². The number of para-hydroxylation sites is 1. The maximum absolute atomic E-state index is 12.1. The van der Waals surface area contributed by atoms with Gasteiger partial charge in [0.05, 0.1) is 0 Å². The largest absolute Gasteiger partial charge is 0.356 e. The fraction of sp³-hybridized carbons (Fsp3) is 0. The van der Waals surface area contributed by atoms with Crippen LogP contribution in [0.2, 0.25) is 0 Å². The molecule has 0 saturated carbocycles. The van der Waals surface area contributed by atoms with E-state index in [4.69, 9.17) is 0 Å². The number of amides is 4. The molecule has 0 unspecified atom stereocenters. The molecule has 0 spiro atoms. The van der Waals surface area contributed by atoms with Crippen molar-refractivity contribution in [2.45, 2.75) is 0 Å². The zero-order valence-corrected chi connectivity index (χ0v) is 16.0. The number of anilines is 2. The second kappa shape index (κ2) is 8.87. The van der Waals surface area contributed by atoms with Gasteiger partial charge in [-0.05, 0) is 58.4 Å². The molecule has 3 rings (SSSR count). The number of hydrogen-bond donors (Lipinski definition) is 5. The average molecular weight is 442 g/mol. The normalized spacial score (nSPS) is 10.0. The van der Waals surface area contributed by atoms with Crippen LogP contribution in [0, 0.1) is 0 Å². The zero-order chi connectivity index (χ0) is 19.9. The van der Waals surface area contributed by atoms with Crippen molar-refractivity contribution in [3.8, 4) is 0 Å². The molecule has 2 aromatic carbocycles. The monoisotopic (exact) mass is 441 g/mol. The lowest BCUT2D eigenvalue weighted by atomic mass is 10.2. The molecule has 0 bridgehead atoms. The van der Waals surface area contributed by atoms with Crippen LogP contribution in [0.3, 0.4) is 0 Å². The van der Waals surface area contributed by atoms with E-state index in [9.17, 15) is 14.4 Å². The van der Waals surface area contributed by atoms with Gasteiger partial charge in [0.25, 0.3) is 11.8 Å². The molecule has 9 heteroatoms. The van der Waals surface area contributed by atoms with E-state index in [1.54, 1.807) is 36.5 Å². The summed E-state index contributed by atoms with van der Waals surface area (Å²) < 4.78 is 0.725. The van der Waals surface area contributed by atoms with Gasteiger partial charge in [0.1, 0.15) is 5.69 Å². The molecule has 1 aromatic heterocycles. The van der Waals surface area contributed by atoms with E-state index in [-0.39, 0.29) is 0 Å². The van der Waals surface area contributed by atoms with Gasteiger partial charge in [-0.3, -0.25) is 20.4 Å². The Balaban J connectivity index is 1.51. The molecular formula is C19H16BrN5O3. The van der Waals surface area contributed by atoms with Crippen LogP contribution in [0.1, 0.15) is 20.8 Å². The molecule has 28 heavy (non-hydrogen) atoms. The predicted octanol–water partition coefficient (Wildman–Crippen LogP) is 3.50. The van der Waals surface area contributed by atoms with E-state index in [1.165, 1.54) is 12.1 Å². The number of halogens is 1. The quantitative estimate of drug-likeness (QED) is 0.399. The Hall–Kier alpha value is -3.59. The molecule has 3 aromatic rings. The standard InChI is InChI=1S/C19H16BrN5O3/c20-13-10-16(21-11-13)18(27)25-24-17(26)12-6-8-15(9-7-12)23-19(28)22-14-4-2-1-3-5-14/h1-11,21H,(H,24,26)(H,25,27)(H2,22,23,28). The summed E-state index contributed by atoms with van der Waals surface area (Å²) in [7, 11) is 0. The molecule has 0 atom stereocenters. The highest BCUT2D eigenvalue weighted by molar-refractivity contribution is 9.10. The van der Waals surface area contributed by atoms with E-state index < -0.39 is 17.8 Å². The summed E-state index contributed by atoms with van der Waals surface area (Å²) >= 11 is 3.23. The zero-order valence-electron chi connectivity index (χ0n) is 14.5. The smallest absolute Gasteiger partial charge is 0.323 e. The van der Waals surface area contributed by atoms with Gasteiger partial charge in [-0.25, -0.2) is 4.79 Å². The van der Waals surface area contributed by atoms with Crippen molar-refractivity contribution in [1.82, 2.24) is 15.8 Å². The van der Waals surface area contributed by atoms with Crippen molar-refractivity contribution in [3.63, 3.8) is 0 Å². The summed E-state index contributed by atoms with van der Waals surface area (Å²) in [6, 6.07) is 16.5. The number of benzene rings is 2. The Morgan fingerprint density at radius 1 is 0.786 bits per heavy atom. The summed E-state index contributed by atoms with van der Waals surface area (Å²) in [5.41, 5.74) is 6.45. The molecule has 0 fully saturated rings. The van der Waals surface area contributed by atoms with Gasteiger partial charge in [0.15, 0.2) is 0 Å². The predicted molar refractivity (Wildman–Crippen MR) is 109 cm³/mol. The van der Waals surface area contributed by atoms with Gasteiger partial charge in [0.2, 0.25) is 0 Å². The minimum atomic E-state index is -0.487. The number of hydrazine groups is 1. The van der Waals surface area contributed by atoms with Gasteiger partial charge in [-0.15, -0.1) is 0 Å². The second-order valence-electron chi connectivity index (χ2n) is 5.66. The minimum absolute atomic E-state index is 0.302. The Morgan fingerprint density at radius 2 is 1.39 bits per heavy atom. The van der Waals surface area contributed by atoms with Gasteiger partial charge in [-0.1, -0.05) is 18.2 Å². The number of aromatic amines is 1. The summed E-state index contributed by atoms with van der Waals surface area (Å²) in [5, 5.41) is 5.37. The lowest BCUT2D eigenvalue weighted by Crippen LogP contribution is -2.41. The molecule has 0 aliphatic heterocycles. The van der Waals surface area contributed by atoms with Crippen molar-refractivity contribution < 1.29 is 14.4 Å². The van der Waals surface area contributed by atoms with Crippen LogP contribution in [-0.4, -0.2) is 22.8 Å². The Labute approximate surface area is 168 Å². The Kier molecular flexibility index (Phi) is 6.07. The second-order valence-corrected chi connectivity index (χ2v) is 6.58. The highest BCUT2D eigenvalue weighted by Crippen LogP contribution is 2.12. The Bertz CT molecular complexity index is 986. The molecule has 1 heterocycles. The third-order valence-corrected chi connectivity index (χ3v) is 4.08. The Morgan fingerprint density at radius 3 is 2.00 bits per heavy atom. The van der Waals surface area contributed by atoms with Crippen molar-refractivity contribution >= 4 is 45.2 Å². The number of H-pyrrole nitrogens is 1. The van der Waals surface area contributed by atoms with Crippen LogP contribution in [0.15, 0.2) is 71.3 Å². The number of rotatable bonds is 4. The van der Waals surface area contributed by atoms with Crippen molar-refractivity contribution in [2.75, 3.05) is 10.6 Å². The summed E-state index contributed by atoms with van der Waals surface area (Å²) in [4.78, 5) is 38.7. The van der Waals surface area contributed by atoms with Crippen LogP contribution < -0.4 is 21.5 Å². The first-order valence-electron chi connectivity index (χ1n) is 8.19. The van der Waals surface area contributed by atoms with Gasteiger partial charge >= 0.3 is 6.03 Å². The fourth-order valence-electron chi connectivity index (χ4n) is 2.27. The van der Waals surface area contributed by atoms with Crippen molar-refractivity contribution in [2.24, 2.45) is 0 Å². The molecule has 142 valence electrons. The highest BCUT2D eigenvalue weighted by Gasteiger charge is 2.11. The molecule has 8 nitrogen and oxygen atoms in total. The van der Waals surface area contributed by atoms with E-state index in [0.29, 0.717) is 22.6 Å². The van der Waals surface area contributed by atoms with Crippen molar-refractivity contribution in [3.05, 3.63) is 82.6 Å². The maximum Gasteiger partial charge on any atom is 0.323 e. The maximum atomic E-state index is 12.1. The van der Waals surface area contributed by atoms with E-state index >= 15 is 0 Å². The molecule has 4 amide bonds. The van der Waals surface area contributed by atoms with E-state index in [2.05, 4.69) is 42.4 Å². The number of aromatic nitrogens is 1. The lowest BCUT2D eigenvalue weighted by Gasteiger charge is -2.09. The van der Waals surface area contributed by atoms with Gasteiger partial charge in [0, 0.05) is 27.6 Å². The number of nitrogens with one attached hydrogen (secondary N) is 5. The number of carbonyl (C=O) groups excluding carboxylic acids is 3. The van der Waals surface area contributed by atoms with Crippen molar-refractivity contribution in [1.29, 1.82) is 0 Å². The van der Waals surface area contributed by atoms with E-state index in [0.717, 1.165) is 4.47 Å². The number of urea groups is 1. The first-order valence-corrected chi connectivity index (χ1v) is 8.98. The van der Waals surface area contributed by atoms with Gasteiger partial charge < -0.3 is 15.6 Å². The summed E-state index contributed by atoms with van der Waals surface area (Å²) in [6.45, 7) is 0. The summed E-state index contributed by atoms with van der Waals surface area (Å²) in [5.74, 6) is -0.964. The third-order valence-electron chi connectivity index (χ3n) is 3.62.